The van der Waals surface area contributed by atoms with E-state index in [-0.39, 0.29) is 6.42 Å². The normalized spacial score (nSPS) is 12.4. The fourth-order valence-corrected chi connectivity index (χ4v) is 4.14. The molecule has 0 aromatic heterocycles. The molecule has 3 amide bonds. The Balaban J connectivity index is 2.02. The lowest BCUT2D eigenvalue weighted by Crippen LogP contribution is -2.51. The maximum absolute atomic E-state index is 14.1. The number of nitrogens with zero attached hydrogens (tertiary/aromatic N) is 1. The molecule has 0 spiro atoms. The van der Waals surface area contributed by atoms with Gasteiger partial charge in [0.1, 0.15) is 17.7 Å². The molecule has 0 fully saturated rings. The Morgan fingerprint density at radius 1 is 0.897 bits per heavy atom. The van der Waals surface area contributed by atoms with Gasteiger partial charge in [0.15, 0.2) is 0 Å². The molecule has 7 heteroatoms. The van der Waals surface area contributed by atoms with E-state index in [0.717, 1.165) is 21.6 Å². The van der Waals surface area contributed by atoms with E-state index in [1.165, 1.54) is 0 Å². The van der Waals surface area contributed by atoms with Crippen molar-refractivity contribution in [3.05, 3.63) is 101 Å². The Bertz CT molecular complexity index is 1360. The van der Waals surface area contributed by atoms with E-state index in [4.69, 9.17) is 11.2 Å². The molecule has 0 aliphatic carbocycles. The van der Waals surface area contributed by atoms with Crippen molar-refractivity contribution >= 4 is 23.6 Å². The van der Waals surface area contributed by atoms with Crippen molar-refractivity contribution in [2.75, 3.05) is 5.32 Å². The van der Waals surface area contributed by atoms with Crippen LogP contribution >= 0.6 is 0 Å². The maximum Gasteiger partial charge on any atom is 0.408 e. The summed E-state index contributed by atoms with van der Waals surface area (Å²) in [6, 6.07) is 24.0. The van der Waals surface area contributed by atoms with Gasteiger partial charge in [-0.2, -0.15) is 0 Å². The second-order valence-corrected chi connectivity index (χ2v) is 10.3. The number of hydrogen-bond donors (Lipinski definition) is 2. The number of rotatable bonds is 8. The first kappa shape index (κ1) is 29.0. The van der Waals surface area contributed by atoms with Gasteiger partial charge >= 0.3 is 6.09 Å². The summed E-state index contributed by atoms with van der Waals surface area (Å²) < 4.78 is 5.42. The fraction of sp³-hybridized carbons (Fsp3) is 0.281. The first-order chi connectivity index (χ1) is 18.5. The van der Waals surface area contributed by atoms with Crippen LogP contribution in [-0.4, -0.2) is 34.5 Å². The van der Waals surface area contributed by atoms with Crippen LogP contribution < -0.4 is 10.6 Å². The van der Waals surface area contributed by atoms with Gasteiger partial charge in [-0.1, -0.05) is 79.2 Å². The number of anilines is 1. The highest BCUT2D eigenvalue weighted by Gasteiger charge is 2.36. The zero-order chi connectivity index (χ0) is 28.6. The predicted octanol–water partition coefficient (Wildman–Crippen LogP) is 5.54. The number of alkyl carbamates (subject to hydrolysis) is 1. The number of hydrogen-bond acceptors (Lipinski definition) is 4. The Labute approximate surface area is 230 Å². The molecule has 0 bridgehead atoms. The number of amides is 3. The zero-order valence-corrected chi connectivity index (χ0v) is 23.0. The molecular formula is C32H35N3O4. The molecule has 39 heavy (non-hydrogen) atoms. The molecule has 0 aliphatic heterocycles. The van der Waals surface area contributed by atoms with Crippen molar-refractivity contribution in [2.24, 2.45) is 0 Å². The van der Waals surface area contributed by atoms with Crippen LogP contribution in [0.3, 0.4) is 0 Å². The topological polar surface area (TPSA) is 87.7 Å². The molecule has 7 nitrogen and oxygen atoms in total. The number of carbonyl (C=O) groups is 3. The number of para-hydroxylation sites is 1. The monoisotopic (exact) mass is 525 g/mol. The predicted molar refractivity (Wildman–Crippen MR) is 153 cm³/mol. The highest BCUT2D eigenvalue weighted by atomic mass is 16.6. The lowest BCUT2D eigenvalue weighted by atomic mass is 9.97. The third-order valence-electron chi connectivity index (χ3n) is 6.04. The Morgan fingerprint density at radius 3 is 2.08 bits per heavy atom. The SMILES string of the molecule is C#CN(C(=O)C(Cc1ccccc1)NC(=O)OC(C)(C)C)C(C(=O)Nc1ccccc1C)c1ccccc1C. The molecule has 3 aromatic rings. The van der Waals surface area contributed by atoms with Crippen LogP contribution in [0.25, 0.3) is 0 Å². The van der Waals surface area contributed by atoms with Crippen LogP contribution in [0.5, 0.6) is 0 Å². The lowest BCUT2D eigenvalue weighted by molar-refractivity contribution is -0.136. The Morgan fingerprint density at radius 2 is 1.49 bits per heavy atom. The van der Waals surface area contributed by atoms with E-state index in [9.17, 15) is 14.4 Å². The summed E-state index contributed by atoms with van der Waals surface area (Å²) in [6.45, 7) is 8.93. The molecule has 2 atom stereocenters. The van der Waals surface area contributed by atoms with Gasteiger partial charge in [-0.05, 0) is 62.9 Å². The number of carbonyl (C=O) groups excluding carboxylic acids is 3. The number of benzene rings is 3. The molecule has 0 radical (unpaired) electrons. The van der Waals surface area contributed by atoms with Crippen LogP contribution in [0.2, 0.25) is 0 Å². The third kappa shape index (κ3) is 7.96. The first-order valence-corrected chi connectivity index (χ1v) is 12.7. The number of nitrogens with one attached hydrogen (secondary N) is 2. The highest BCUT2D eigenvalue weighted by molar-refractivity contribution is 6.00. The minimum absolute atomic E-state index is 0.150. The van der Waals surface area contributed by atoms with Crippen molar-refractivity contribution in [1.82, 2.24) is 10.2 Å². The zero-order valence-electron chi connectivity index (χ0n) is 23.0. The summed E-state index contributed by atoms with van der Waals surface area (Å²) in [4.78, 5) is 41.7. The van der Waals surface area contributed by atoms with E-state index in [1.807, 2.05) is 74.5 Å². The smallest absolute Gasteiger partial charge is 0.408 e. The summed E-state index contributed by atoms with van der Waals surface area (Å²) in [6.07, 6.45) is 5.31. The summed E-state index contributed by atoms with van der Waals surface area (Å²) in [5, 5.41) is 5.60. The molecule has 2 unspecified atom stereocenters. The van der Waals surface area contributed by atoms with E-state index >= 15 is 0 Å². The molecule has 2 N–H and O–H groups in total. The Kier molecular flexibility index (Phi) is 9.51. The number of ether oxygens (including phenoxy) is 1. The van der Waals surface area contributed by atoms with Gasteiger partial charge in [0.05, 0.1) is 0 Å². The molecule has 3 rings (SSSR count). The summed E-state index contributed by atoms with van der Waals surface area (Å²) in [5.74, 6) is -1.08. The minimum Gasteiger partial charge on any atom is -0.444 e. The van der Waals surface area contributed by atoms with E-state index < -0.39 is 35.6 Å². The average molecular weight is 526 g/mol. The molecule has 3 aromatic carbocycles. The Hall–Kier alpha value is -4.57. The summed E-state index contributed by atoms with van der Waals surface area (Å²) >= 11 is 0. The number of terminal acetylenes is 1. The molecule has 202 valence electrons. The van der Waals surface area contributed by atoms with E-state index in [0.29, 0.717) is 11.3 Å². The van der Waals surface area contributed by atoms with Gasteiger partial charge in [0, 0.05) is 18.2 Å². The van der Waals surface area contributed by atoms with Crippen LogP contribution in [0, 0.1) is 26.3 Å². The van der Waals surface area contributed by atoms with Gasteiger partial charge in [0.2, 0.25) is 0 Å². The third-order valence-corrected chi connectivity index (χ3v) is 6.04. The van der Waals surface area contributed by atoms with Gasteiger partial charge in [-0.15, -0.1) is 0 Å². The summed E-state index contributed by atoms with van der Waals surface area (Å²) in [5.41, 5.74) is 2.87. The quantitative estimate of drug-likeness (QED) is 0.299. The van der Waals surface area contributed by atoms with Crippen molar-refractivity contribution < 1.29 is 19.1 Å². The average Bonchev–Trinajstić information content (AvgIpc) is 2.88. The molecule has 0 saturated carbocycles. The first-order valence-electron chi connectivity index (χ1n) is 12.7. The van der Waals surface area contributed by atoms with Crippen LogP contribution in [0.4, 0.5) is 10.5 Å². The van der Waals surface area contributed by atoms with Crippen molar-refractivity contribution in [1.29, 1.82) is 0 Å². The molecule has 0 aliphatic rings. The van der Waals surface area contributed by atoms with Gasteiger partial charge in [-0.3, -0.25) is 14.5 Å². The maximum atomic E-state index is 14.1. The molecule has 0 heterocycles. The molecule has 0 saturated heterocycles. The fourth-order valence-electron chi connectivity index (χ4n) is 4.14. The van der Waals surface area contributed by atoms with Gasteiger partial charge in [0.25, 0.3) is 11.8 Å². The molecular weight excluding hydrogens is 490 g/mol. The second-order valence-electron chi connectivity index (χ2n) is 10.3. The highest BCUT2D eigenvalue weighted by Crippen LogP contribution is 2.27. The van der Waals surface area contributed by atoms with Crippen LogP contribution in [-0.2, 0) is 20.7 Å². The van der Waals surface area contributed by atoms with Crippen LogP contribution in [0.15, 0.2) is 78.9 Å². The van der Waals surface area contributed by atoms with Crippen molar-refractivity contribution in [2.45, 2.75) is 58.7 Å². The van der Waals surface area contributed by atoms with Crippen LogP contribution in [0.1, 0.15) is 49.1 Å². The summed E-state index contributed by atoms with van der Waals surface area (Å²) in [7, 11) is 0. The van der Waals surface area contributed by atoms with Crippen molar-refractivity contribution in [3.8, 4) is 12.5 Å². The second kappa shape index (κ2) is 12.8. The minimum atomic E-state index is -1.15. The number of aryl methyl sites for hydroxylation is 2. The lowest BCUT2D eigenvalue weighted by Gasteiger charge is -2.31. The largest absolute Gasteiger partial charge is 0.444 e. The van der Waals surface area contributed by atoms with Crippen molar-refractivity contribution in [3.63, 3.8) is 0 Å². The van der Waals surface area contributed by atoms with Gasteiger partial charge < -0.3 is 15.4 Å². The van der Waals surface area contributed by atoms with E-state index in [2.05, 4.69) is 16.7 Å². The van der Waals surface area contributed by atoms with Gasteiger partial charge in [-0.25, -0.2) is 4.79 Å². The van der Waals surface area contributed by atoms with E-state index in [1.54, 1.807) is 39.0 Å². The standard InChI is InChI=1S/C32H35N3O4/c1-7-35(30(37)27(21-24-17-9-8-10-18-24)34-31(38)39-32(4,5)6)28(25-19-13-11-15-22(25)2)29(36)33-26-20-14-12-16-23(26)3/h1,8-20,27-28H,21H2,2-6H3,(H,33,36)(H,34,38).